The van der Waals surface area contributed by atoms with E-state index < -0.39 is 0 Å². The van der Waals surface area contributed by atoms with E-state index in [1.165, 1.54) is 0 Å². The topological polar surface area (TPSA) is 38.7 Å². The van der Waals surface area contributed by atoms with Crippen molar-refractivity contribution in [3.05, 3.63) is 53.6 Å². The van der Waals surface area contributed by atoms with Gasteiger partial charge in [-0.2, -0.15) is 0 Å². The zero-order chi connectivity index (χ0) is 16.5. The van der Waals surface area contributed by atoms with Crippen molar-refractivity contribution in [1.82, 2.24) is 0 Å². The molecule has 122 valence electrons. The first-order valence-electron chi connectivity index (χ1n) is 8.09. The summed E-state index contributed by atoms with van der Waals surface area (Å²) in [5, 5.41) is 9.78. The van der Waals surface area contributed by atoms with Crippen LogP contribution < -0.4 is 9.47 Å². The predicted octanol–water partition coefficient (Wildman–Crippen LogP) is 5.14. The lowest BCUT2D eigenvalue weighted by Gasteiger charge is -2.06. The van der Waals surface area contributed by atoms with Crippen molar-refractivity contribution in [2.24, 2.45) is 0 Å². The van der Waals surface area contributed by atoms with Crippen LogP contribution in [0.2, 0.25) is 0 Å². The summed E-state index contributed by atoms with van der Waals surface area (Å²) in [4.78, 5) is 0. The fourth-order valence-electron chi connectivity index (χ4n) is 2.09. The molecule has 0 spiro atoms. The third-order valence-electron chi connectivity index (χ3n) is 3.21. The maximum atomic E-state index is 9.78. The molecule has 0 aliphatic rings. The van der Waals surface area contributed by atoms with E-state index in [9.17, 15) is 5.11 Å². The highest BCUT2D eigenvalue weighted by Gasteiger charge is 1.99. The maximum Gasteiger partial charge on any atom is 0.123 e. The molecule has 0 radical (unpaired) electrons. The Morgan fingerprint density at radius 3 is 2.04 bits per heavy atom. The first-order valence-corrected chi connectivity index (χ1v) is 8.09. The molecule has 0 unspecified atom stereocenters. The number of aromatic hydroxyl groups is 1. The van der Waals surface area contributed by atoms with Crippen LogP contribution >= 0.6 is 0 Å². The number of rotatable bonds is 8. The van der Waals surface area contributed by atoms with E-state index in [4.69, 9.17) is 9.47 Å². The van der Waals surface area contributed by atoms with E-state index in [-0.39, 0.29) is 5.75 Å². The SMILES string of the molecule is CCCOc1ccc(C=Cc2cc(O)cc(OCCC)c2)cc1. The smallest absolute Gasteiger partial charge is 0.123 e. The van der Waals surface area contributed by atoms with Gasteiger partial charge in [-0.05, 0) is 48.2 Å². The molecule has 2 rings (SSSR count). The van der Waals surface area contributed by atoms with Crippen molar-refractivity contribution in [3.63, 3.8) is 0 Å². The van der Waals surface area contributed by atoms with Gasteiger partial charge in [0.05, 0.1) is 13.2 Å². The van der Waals surface area contributed by atoms with Gasteiger partial charge in [0.2, 0.25) is 0 Å². The van der Waals surface area contributed by atoms with E-state index >= 15 is 0 Å². The number of ether oxygens (including phenoxy) is 2. The molecule has 0 atom stereocenters. The molecule has 1 N–H and O–H groups in total. The van der Waals surface area contributed by atoms with Crippen molar-refractivity contribution in [3.8, 4) is 17.2 Å². The van der Waals surface area contributed by atoms with Gasteiger partial charge in [0.15, 0.2) is 0 Å². The Balaban J connectivity index is 2.05. The molecule has 0 aliphatic heterocycles. The lowest BCUT2D eigenvalue weighted by atomic mass is 10.1. The molecular formula is C20H24O3. The predicted molar refractivity (Wildman–Crippen MR) is 95.0 cm³/mol. The van der Waals surface area contributed by atoms with Gasteiger partial charge in [-0.3, -0.25) is 0 Å². The summed E-state index contributed by atoms with van der Waals surface area (Å²) >= 11 is 0. The number of phenols is 1. The summed E-state index contributed by atoms with van der Waals surface area (Å²) in [5.74, 6) is 1.79. The fraction of sp³-hybridized carbons (Fsp3) is 0.300. The summed E-state index contributed by atoms with van der Waals surface area (Å²) in [7, 11) is 0. The van der Waals surface area contributed by atoms with E-state index in [1.54, 1.807) is 12.1 Å². The Morgan fingerprint density at radius 1 is 0.783 bits per heavy atom. The van der Waals surface area contributed by atoms with Crippen molar-refractivity contribution < 1.29 is 14.6 Å². The monoisotopic (exact) mass is 312 g/mol. The van der Waals surface area contributed by atoms with Gasteiger partial charge in [0.1, 0.15) is 17.2 Å². The zero-order valence-corrected chi connectivity index (χ0v) is 13.8. The minimum absolute atomic E-state index is 0.210. The van der Waals surface area contributed by atoms with Crippen molar-refractivity contribution in [2.45, 2.75) is 26.7 Å². The second-order valence-electron chi connectivity index (χ2n) is 5.36. The minimum Gasteiger partial charge on any atom is -0.508 e. The van der Waals surface area contributed by atoms with Crippen LogP contribution in [0, 0.1) is 0 Å². The van der Waals surface area contributed by atoms with Gasteiger partial charge in [-0.1, -0.05) is 38.1 Å². The van der Waals surface area contributed by atoms with Crippen molar-refractivity contribution >= 4 is 12.2 Å². The molecule has 0 saturated carbocycles. The lowest BCUT2D eigenvalue weighted by molar-refractivity contribution is 0.315. The highest BCUT2D eigenvalue weighted by atomic mass is 16.5. The molecule has 0 amide bonds. The van der Waals surface area contributed by atoms with Gasteiger partial charge in [-0.15, -0.1) is 0 Å². The van der Waals surface area contributed by atoms with Gasteiger partial charge >= 0.3 is 0 Å². The third kappa shape index (κ3) is 5.70. The van der Waals surface area contributed by atoms with Crippen LogP contribution in [0.5, 0.6) is 17.2 Å². The lowest BCUT2D eigenvalue weighted by Crippen LogP contribution is -1.94. The minimum atomic E-state index is 0.210. The van der Waals surface area contributed by atoms with Crippen LogP contribution in [0.15, 0.2) is 42.5 Å². The summed E-state index contributed by atoms with van der Waals surface area (Å²) in [5.41, 5.74) is 1.98. The third-order valence-corrected chi connectivity index (χ3v) is 3.21. The highest BCUT2D eigenvalue weighted by molar-refractivity contribution is 5.71. The van der Waals surface area contributed by atoms with Crippen molar-refractivity contribution in [1.29, 1.82) is 0 Å². The van der Waals surface area contributed by atoms with Crippen LogP contribution in [-0.2, 0) is 0 Å². The van der Waals surface area contributed by atoms with E-state index in [0.717, 1.165) is 36.3 Å². The molecule has 3 heteroatoms. The Hall–Kier alpha value is -2.42. The summed E-state index contributed by atoms with van der Waals surface area (Å²) in [6, 6.07) is 13.2. The molecule has 0 saturated heterocycles. The Morgan fingerprint density at radius 2 is 1.39 bits per heavy atom. The molecule has 0 aromatic heterocycles. The zero-order valence-electron chi connectivity index (χ0n) is 13.8. The molecule has 0 aliphatic carbocycles. The number of benzene rings is 2. The van der Waals surface area contributed by atoms with E-state index in [0.29, 0.717) is 12.4 Å². The first kappa shape index (κ1) is 16.9. The largest absolute Gasteiger partial charge is 0.508 e. The molecule has 23 heavy (non-hydrogen) atoms. The van der Waals surface area contributed by atoms with Crippen LogP contribution in [0.25, 0.3) is 12.2 Å². The molecule has 2 aromatic carbocycles. The molecule has 3 nitrogen and oxygen atoms in total. The molecule has 2 aromatic rings. The Kier molecular flexibility index (Phi) is 6.55. The second kappa shape index (κ2) is 8.89. The maximum absolute atomic E-state index is 9.78. The second-order valence-corrected chi connectivity index (χ2v) is 5.36. The van der Waals surface area contributed by atoms with Crippen LogP contribution in [-0.4, -0.2) is 18.3 Å². The van der Waals surface area contributed by atoms with Crippen LogP contribution in [0.1, 0.15) is 37.8 Å². The molecule has 0 fully saturated rings. The quantitative estimate of drug-likeness (QED) is 0.686. The Bertz CT molecular complexity index is 630. The molecule has 0 heterocycles. The average Bonchev–Trinajstić information content (AvgIpc) is 2.57. The van der Waals surface area contributed by atoms with Crippen LogP contribution in [0.4, 0.5) is 0 Å². The van der Waals surface area contributed by atoms with Gasteiger partial charge in [0, 0.05) is 6.07 Å². The molecular weight excluding hydrogens is 288 g/mol. The summed E-state index contributed by atoms with van der Waals surface area (Å²) in [6.07, 6.45) is 5.90. The number of hydrogen-bond acceptors (Lipinski definition) is 3. The summed E-state index contributed by atoms with van der Waals surface area (Å²) in [6.45, 7) is 5.52. The first-order chi connectivity index (χ1) is 11.2. The van der Waals surface area contributed by atoms with E-state index in [2.05, 4.69) is 13.8 Å². The normalized spacial score (nSPS) is 10.9. The van der Waals surface area contributed by atoms with Crippen molar-refractivity contribution in [2.75, 3.05) is 13.2 Å². The van der Waals surface area contributed by atoms with Gasteiger partial charge < -0.3 is 14.6 Å². The van der Waals surface area contributed by atoms with Crippen LogP contribution in [0.3, 0.4) is 0 Å². The standard InChI is InChI=1S/C20H24O3/c1-3-11-22-19-9-7-16(8-10-19)5-6-17-13-18(21)15-20(14-17)23-12-4-2/h5-10,13-15,21H,3-4,11-12H2,1-2H3. The number of hydrogen-bond donors (Lipinski definition) is 1. The van der Waals surface area contributed by atoms with Gasteiger partial charge in [0.25, 0.3) is 0 Å². The molecule has 0 bridgehead atoms. The Labute approximate surface area is 138 Å². The van der Waals surface area contributed by atoms with E-state index in [1.807, 2.05) is 42.5 Å². The fourth-order valence-corrected chi connectivity index (χ4v) is 2.09. The van der Waals surface area contributed by atoms with Gasteiger partial charge in [-0.25, -0.2) is 0 Å². The number of phenolic OH excluding ortho intramolecular Hbond substituents is 1. The average molecular weight is 312 g/mol. The summed E-state index contributed by atoms with van der Waals surface area (Å²) < 4.78 is 11.1. The highest BCUT2D eigenvalue weighted by Crippen LogP contribution is 2.23.